The molecule has 0 spiro atoms. The van der Waals surface area contributed by atoms with Crippen molar-refractivity contribution in [3.05, 3.63) is 0 Å². The van der Waals surface area contributed by atoms with Gasteiger partial charge < -0.3 is 11.3 Å². The van der Waals surface area contributed by atoms with Crippen LogP contribution in [-0.4, -0.2) is 11.2 Å². The van der Waals surface area contributed by atoms with E-state index in [9.17, 15) is 0 Å². The summed E-state index contributed by atoms with van der Waals surface area (Å²) in [4.78, 5) is 0. The summed E-state index contributed by atoms with van der Waals surface area (Å²) in [6.45, 7) is 0. The van der Waals surface area contributed by atoms with Crippen LogP contribution in [0.3, 0.4) is 0 Å². The van der Waals surface area contributed by atoms with E-state index in [0.717, 1.165) is 0 Å². The minimum Gasteiger partial charge on any atom is -0.381 e. The summed E-state index contributed by atoms with van der Waals surface area (Å²) in [5, 5.41) is 7.33. The quantitative estimate of drug-likeness (QED) is 0.415. The van der Waals surface area contributed by atoms with Crippen molar-refractivity contribution in [2.75, 3.05) is 6.07 Å². The summed E-state index contributed by atoms with van der Waals surface area (Å²) in [7, 11) is 0. The van der Waals surface area contributed by atoms with Crippen LogP contribution in [0.25, 0.3) is 0 Å². The Kier molecular flexibility index (Phi) is 23.8. The number of halogens is 1. The maximum atomic E-state index is 7.33. The molecule has 0 aromatic rings. The summed E-state index contributed by atoms with van der Waals surface area (Å²) >= 11 is 4.55. The zero-order chi connectivity index (χ0) is 2.71. The molecule has 28 valence electrons. The fourth-order valence-electron chi connectivity index (χ4n) is 0. The summed E-state index contributed by atoms with van der Waals surface area (Å²) < 4.78 is 0. The number of aliphatic hydroxyl groups excluding tert-OH is 1. The molecule has 0 aromatic heterocycles. The Balaban J connectivity index is 0. The van der Waals surface area contributed by atoms with Crippen molar-refractivity contribution in [1.82, 2.24) is 6.15 Å². The number of rotatable bonds is 0. The first kappa shape index (κ1) is 8.88. The normalized spacial score (nSPS) is 4.50. The van der Waals surface area contributed by atoms with Gasteiger partial charge in [0, 0.05) is 0 Å². The maximum absolute atomic E-state index is 7.33. The molecule has 3 heteroatoms. The molecule has 0 heterocycles. The van der Waals surface area contributed by atoms with E-state index in [4.69, 9.17) is 5.11 Å². The Hall–Kier alpha value is 0.210. The fourth-order valence-corrected chi connectivity index (χ4v) is 0. The third-order valence-electron chi connectivity index (χ3n) is 0. The number of alkyl halides is 1. The minimum absolute atomic E-state index is 0. The van der Waals surface area contributed by atoms with Crippen LogP contribution in [0.2, 0.25) is 0 Å². The Bertz CT molecular complexity index is 8.00. The molecule has 0 aliphatic carbocycles. The maximum Gasteiger partial charge on any atom is 0.117 e. The van der Waals surface area contributed by atoms with Crippen LogP contribution in [0, 0.1) is 0 Å². The van der Waals surface area contributed by atoms with Crippen molar-refractivity contribution in [3.8, 4) is 0 Å². The Morgan fingerprint density at radius 1 is 1.75 bits per heavy atom. The molecule has 0 saturated carbocycles. The zero-order valence-electron chi connectivity index (χ0n) is 2.24. The molecule has 0 unspecified atom stereocenters. The van der Waals surface area contributed by atoms with E-state index in [1.807, 2.05) is 0 Å². The van der Waals surface area contributed by atoms with Crippen molar-refractivity contribution in [2.24, 2.45) is 0 Å². The lowest BCUT2D eigenvalue weighted by Gasteiger charge is -1.49. The smallest absolute Gasteiger partial charge is 0.117 e. The highest BCUT2D eigenvalue weighted by molar-refractivity contribution is 6.16. The molecule has 4 heavy (non-hydrogen) atoms. The van der Waals surface area contributed by atoms with Gasteiger partial charge >= 0.3 is 0 Å². The second-order valence-electron chi connectivity index (χ2n) is 0.120. The van der Waals surface area contributed by atoms with E-state index in [2.05, 4.69) is 11.6 Å². The van der Waals surface area contributed by atoms with Gasteiger partial charge in [-0.05, 0) is 0 Å². The van der Waals surface area contributed by atoms with E-state index in [1.165, 1.54) is 0 Å². The molecular weight excluding hydrogens is 77.5 g/mol. The molecule has 0 aliphatic rings. The molecule has 4 N–H and O–H groups in total. The van der Waals surface area contributed by atoms with E-state index in [-0.39, 0.29) is 12.2 Å². The third kappa shape index (κ3) is 73.4. The van der Waals surface area contributed by atoms with Gasteiger partial charge in [0.05, 0.1) is 0 Å². The Morgan fingerprint density at radius 3 is 1.75 bits per heavy atom. The molecule has 0 aromatic carbocycles. The van der Waals surface area contributed by atoms with E-state index in [1.54, 1.807) is 0 Å². The largest absolute Gasteiger partial charge is 0.381 e. The van der Waals surface area contributed by atoms with Gasteiger partial charge in [-0.1, -0.05) is 11.6 Å². The Morgan fingerprint density at radius 2 is 1.75 bits per heavy atom. The van der Waals surface area contributed by atoms with Crippen LogP contribution >= 0.6 is 11.6 Å². The highest BCUT2D eigenvalue weighted by atomic mass is 35.5. The number of aliphatic hydroxyl groups is 1. The minimum atomic E-state index is -0.278. The topological polar surface area (TPSA) is 55.2 Å². The molecule has 0 amide bonds. The van der Waals surface area contributed by atoms with Crippen molar-refractivity contribution >= 4 is 11.6 Å². The molecule has 0 saturated heterocycles. The lowest BCUT2D eigenvalue weighted by molar-refractivity contribution is 0.370. The van der Waals surface area contributed by atoms with Gasteiger partial charge in [0.15, 0.2) is 0 Å². The predicted octanol–water partition coefficient (Wildman–Crippen LogP) is 0.337. The summed E-state index contributed by atoms with van der Waals surface area (Å²) in [6.07, 6.45) is 0. The van der Waals surface area contributed by atoms with Gasteiger partial charge in [-0.2, -0.15) is 0 Å². The predicted molar refractivity (Wildman–Crippen MR) is 18.0 cm³/mol. The average molecular weight is 83.5 g/mol. The van der Waals surface area contributed by atoms with Gasteiger partial charge in [-0.3, -0.25) is 0 Å². The van der Waals surface area contributed by atoms with Crippen LogP contribution in [0.15, 0.2) is 0 Å². The van der Waals surface area contributed by atoms with Gasteiger partial charge in [0.1, 0.15) is 6.07 Å². The first-order valence-corrected chi connectivity index (χ1v) is 1.12. The lowest BCUT2D eigenvalue weighted by atomic mass is 11.7. The number of hydrogen-bond donors (Lipinski definition) is 2. The summed E-state index contributed by atoms with van der Waals surface area (Å²) in [5.74, 6) is 0. The molecule has 2 nitrogen and oxygen atoms in total. The molecule has 0 aliphatic heterocycles. The highest BCUT2D eigenvalue weighted by Gasteiger charge is 1.37. The molecular formula is CH6ClNO. The Labute approximate surface area is 30.0 Å². The van der Waals surface area contributed by atoms with Crippen molar-refractivity contribution in [2.45, 2.75) is 0 Å². The second-order valence-corrected chi connectivity index (χ2v) is 0.359. The first-order valence-electron chi connectivity index (χ1n) is 0.583. The van der Waals surface area contributed by atoms with Crippen molar-refractivity contribution < 1.29 is 5.11 Å². The average Bonchev–Trinajstić information content (AvgIpc) is 0.918. The SMILES string of the molecule is N.OCCl. The van der Waals surface area contributed by atoms with Gasteiger partial charge in [-0.25, -0.2) is 0 Å². The first-order chi connectivity index (χ1) is 1.41. The zero-order valence-corrected chi connectivity index (χ0v) is 3.00. The third-order valence-corrected chi connectivity index (χ3v) is 0. The fraction of sp³-hybridized carbons (Fsp3) is 1.00. The van der Waals surface area contributed by atoms with E-state index in [0.29, 0.717) is 0 Å². The van der Waals surface area contributed by atoms with Gasteiger partial charge in [-0.15, -0.1) is 0 Å². The second kappa shape index (κ2) is 10.7. The molecule has 0 radical (unpaired) electrons. The lowest BCUT2D eigenvalue weighted by Crippen LogP contribution is -1.49. The van der Waals surface area contributed by atoms with Crippen LogP contribution in [0.4, 0.5) is 0 Å². The highest BCUT2D eigenvalue weighted by Crippen LogP contribution is 1.53. The van der Waals surface area contributed by atoms with Crippen LogP contribution in [0.1, 0.15) is 0 Å². The molecule has 0 bridgehead atoms. The molecule has 0 atom stereocenters. The summed E-state index contributed by atoms with van der Waals surface area (Å²) in [5.41, 5.74) is 0. The van der Waals surface area contributed by atoms with E-state index < -0.39 is 0 Å². The molecule has 0 rings (SSSR count). The van der Waals surface area contributed by atoms with Crippen LogP contribution in [0.5, 0.6) is 0 Å². The van der Waals surface area contributed by atoms with Crippen molar-refractivity contribution in [1.29, 1.82) is 0 Å². The summed E-state index contributed by atoms with van der Waals surface area (Å²) in [6, 6.07) is -0.278. The van der Waals surface area contributed by atoms with Crippen molar-refractivity contribution in [3.63, 3.8) is 0 Å². The molecule has 0 fully saturated rings. The van der Waals surface area contributed by atoms with Crippen LogP contribution < -0.4 is 6.15 Å². The van der Waals surface area contributed by atoms with Gasteiger partial charge in [0.25, 0.3) is 0 Å². The van der Waals surface area contributed by atoms with Gasteiger partial charge in [0.2, 0.25) is 0 Å². The number of hydrogen-bond acceptors (Lipinski definition) is 2. The van der Waals surface area contributed by atoms with Crippen LogP contribution in [-0.2, 0) is 0 Å². The standard InChI is InChI=1S/CH3ClO.H3N/c2-1-3;/h3H,1H2;1H3. The monoisotopic (exact) mass is 83.0 g/mol. The van der Waals surface area contributed by atoms with E-state index >= 15 is 0 Å².